The number of benzene rings is 1. The largest absolute Gasteiger partial charge is 0.355 e. The molecule has 0 bridgehead atoms. The zero-order chi connectivity index (χ0) is 17.2. The molecule has 25 heavy (non-hydrogen) atoms. The second-order valence-corrected chi connectivity index (χ2v) is 6.29. The number of carbonyl (C=O) groups excluding carboxylic acids is 1. The van der Waals surface area contributed by atoms with Crippen LogP contribution in [0.3, 0.4) is 0 Å². The Kier molecular flexibility index (Phi) is 4.05. The molecule has 0 radical (unpaired) electrons. The van der Waals surface area contributed by atoms with Gasteiger partial charge in [-0.05, 0) is 43.5 Å². The van der Waals surface area contributed by atoms with Gasteiger partial charge in [-0.3, -0.25) is 4.79 Å². The first-order chi connectivity index (χ1) is 12.2. The van der Waals surface area contributed by atoms with E-state index in [0.29, 0.717) is 11.5 Å². The maximum Gasteiger partial charge on any atom is 0.221 e. The molecular weight excluding hydrogens is 316 g/mol. The van der Waals surface area contributed by atoms with E-state index in [-0.39, 0.29) is 5.91 Å². The van der Waals surface area contributed by atoms with E-state index in [1.807, 2.05) is 36.4 Å². The van der Waals surface area contributed by atoms with Crippen molar-refractivity contribution in [3.05, 3.63) is 36.4 Å². The van der Waals surface area contributed by atoms with Gasteiger partial charge in [0.1, 0.15) is 5.82 Å². The number of hydrogen-bond acceptors (Lipinski definition) is 5. The molecule has 7 heteroatoms. The highest BCUT2D eigenvalue weighted by atomic mass is 16.1. The predicted octanol–water partition coefficient (Wildman–Crippen LogP) is 2.74. The molecule has 0 saturated carbocycles. The molecule has 128 valence electrons. The summed E-state index contributed by atoms with van der Waals surface area (Å²) in [6.45, 7) is 3.56. The average molecular weight is 336 g/mol. The lowest BCUT2D eigenvalue weighted by Crippen LogP contribution is -2.30. The Balaban J connectivity index is 1.73. The van der Waals surface area contributed by atoms with Gasteiger partial charge in [-0.2, -0.15) is 4.52 Å². The summed E-state index contributed by atoms with van der Waals surface area (Å²) >= 11 is 0. The fourth-order valence-electron chi connectivity index (χ4n) is 3.19. The molecule has 2 aromatic heterocycles. The number of aromatic nitrogens is 4. The van der Waals surface area contributed by atoms with Crippen molar-refractivity contribution in [2.24, 2.45) is 0 Å². The first kappa shape index (κ1) is 15.6. The Morgan fingerprint density at radius 3 is 2.72 bits per heavy atom. The minimum atomic E-state index is -0.103. The first-order valence-electron chi connectivity index (χ1n) is 8.56. The number of amides is 1. The summed E-state index contributed by atoms with van der Waals surface area (Å²) in [5.41, 5.74) is 2.30. The number of carbonyl (C=O) groups is 1. The lowest BCUT2D eigenvalue weighted by atomic mass is 10.1. The first-order valence-corrected chi connectivity index (χ1v) is 8.56. The number of nitrogens with zero attached hydrogens (tertiary/aromatic N) is 5. The van der Waals surface area contributed by atoms with Crippen LogP contribution in [0.25, 0.3) is 17.0 Å². The van der Waals surface area contributed by atoms with Crippen LogP contribution in [-0.2, 0) is 4.79 Å². The SMILES string of the molecule is CC(=O)Nc1cccc(-c2nnc3ccc(N4CCCCC4)nn23)c1. The van der Waals surface area contributed by atoms with Crippen LogP contribution < -0.4 is 10.2 Å². The zero-order valence-electron chi connectivity index (χ0n) is 14.1. The smallest absolute Gasteiger partial charge is 0.221 e. The van der Waals surface area contributed by atoms with Crippen molar-refractivity contribution in [3.8, 4) is 11.4 Å². The minimum Gasteiger partial charge on any atom is -0.355 e. The third-order valence-electron chi connectivity index (χ3n) is 4.37. The van der Waals surface area contributed by atoms with Crippen molar-refractivity contribution in [2.45, 2.75) is 26.2 Å². The fraction of sp³-hybridized carbons (Fsp3) is 0.333. The summed E-state index contributed by atoms with van der Waals surface area (Å²) in [6.07, 6.45) is 3.69. The third kappa shape index (κ3) is 3.17. The zero-order valence-corrected chi connectivity index (χ0v) is 14.1. The molecule has 1 aliphatic rings. The fourth-order valence-corrected chi connectivity index (χ4v) is 3.19. The van der Waals surface area contributed by atoms with Crippen molar-refractivity contribution in [3.63, 3.8) is 0 Å². The standard InChI is InChI=1S/C18H20N6O/c1-13(25)19-15-7-5-6-14(12-15)18-21-20-16-8-9-17(22-24(16)18)23-10-3-2-4-11-23/h5-9,12H,2-4,10-11H2,1H3,(H,19,25). The van der Waals surface area contributed by atoms with Crippen LogP contribution in [0.1, 0.15) is 26.2 Å². The van der Waals surface area contributed by atoms with Crippen LogP contribution in [0.15, 0.2) is 36.4 Å². The molecule has 7 nitrogen and oxygen atoms in total. The van der Waals surface area contributed by atoms with E-state index in [1.165, 1.54) is 26.2 Å². The van der Waals surface area contributed by atoms with Crippen LogP contribution >= 0.6 is 0 Å². The van der Waals surface area contributed by atoms with Crippen molar-refractivity contribution in [1.82, 2.24) is 19.8 Å². The quantitative estimate of drug-likeness (QED) is 0.796. The summed E-state index contributed by atoms with van der Waals surface area (Å²) in [4.78, 5) is 13.6. The second kappa shape index (κ2) is 6.51. The predicted molar refractivity (Wildman–Crippen MR) is 96.6 cm³/mol. The summed E-state index contributed by atoms with van der Waals surface area (Å²) < 4.78 is 1.77. The summed E-state index contributed by atoms with van der Waals surface area (Å²) in [5.74, 6) is 1.51. The number of fused-ring (bicyclic) bond motifs is 1. The maximum absolute atomic E-state index is 11.3. The summed E-state index contributed by atoms with van der Waals surface area (Å²) in [6, 6.07) is 11.5. The monoisotopic (exact) mass is 336 g/mol. The van der Waals surface area contributed by atoms with Crippen molar-refractivity contribution < 1.29 is 4.79 Å². The molecule has 1 N–H and O–H groups in total. The van der Waals surface area contributed by atoms with Crippen LogP contribution in [0, 0.1) is 0 Å². The van der Waals surface area contributed by atoms with Gasteiger partial charge in [-0.15, -0.1) is 15.3 Å². The van der Waals surface area contributed by atoms with Crippen LogP contribution in [0.2, 0.25) is 0 Å². The van der Waals surface area contributed by atoms with Gasteiger partial charge < -0.3 is 10.2 Å². The lowest BCUT2D eigenvalue weighted by Gasteiger charge is -2.27. The van der Waals surface area contributed by atoms with E-state index in [0.717, 1.165) is 30.2 Å². The molecule has 1 saturated heterocycles. The highest BCUT2D eigenvalue weighted by molar-refractivity contribution is 5.89. The van der Waals surface area contributed by atoms with E-state index < -0.39 is 0 Å². The Hall–Kier alpha value is -2.96. The topological polar surface area (TPSA) is 75.4 Å². The van der Waals surface area contributed by atoms with Crippen molar-refractivity contribution >= 4 is 23.1 Å². The molecule has 0 aliphatic carbocycles. The van der Waals surface area contributed by atoms with Gasteiger partial charge in [-0.25, -0.2) is 0 Å². The molecular formula is C18H20N6O. The van der Waals surface area contributed by atoms with Gasteiger partial charge in [0.05, 0.1) is 0 Å². The van der Waals surface area contributed by atoms with E-state index in [2.05, 4.69) is 20.4 Å². The Morgan fingerprint density at radius 1 is 1.08 bits per heavy atom. The van der Waals surface area contributed by atoms with Crippen molar-refractivity contribution in [1.29, 1.82) is 0 Å². The molecule has 3 heterocycles. The van der Waals surface area contributed by atoms with E-state index >= 15 is 0 Å². The summed E-state index contributed by atoms with van der Waals surface area (Å²) in [5, 5.41) is 16.1. The number of piperidine rings is 1. The van der Waals surface area contributed by atoms with Gasteiger partial charge in [0, 0.05) is 31.3 Å². The van der Waals surface area contributed by atoms with Gasteiger partial charge in [0.2, 0.25) is 5.91 Å². The number of nitrogens with one attached hydrogen (secondary N) is 1. The van der Waals surface area contributed by atoms with Crippen LogP contribution in [0.4, 0.5) is 11.5 Å². The van der Waals surface area contributed by atoms with E-state index in [1.54, 1.807) is 4.52 Å². The molecule has 0 unspecified atom stereocenters. The van der Waals surface area contributed by atoms with Crippen LogP contribution in [0.5, 0.6) is 0 Å². The number of rotatable bonds is 3. The molecule has 0 spiro atoms. The normalized spacial score (nSPS) is 14.7. The lowest BCUT2D eigenvalue weighted by molar-refractivity contribution is -0.114. The van der Waals surface area contributed by atoms with Gasteiger partial charge in [-0.1, -0.05) is 12.1 Å². The van der Waals surface area contributed by atoms with Gasteiger partial charge in [0.25, 0.3) is 0 Å². The number of anilines is 2. The number of hydrogen-bond donors (Lipinski definition) is 1. The van der Waals surface area contributed by atoms with Gasteiger partial charge in [0.15, 0.2) is 11.5 Å². The molecule has 4 rings (SSSR count). The Labute approximate surface area is 145 Å². The second-order valence-electron chi connectivity index (χ2n) is 6.29. The molecule has 1 amide bonds. The molecule has 1 aliphatic heterocycles. The highest BCUT2D eigenvalue weighted by Gasteiger charge is 2.15. The Bertz CT molecular complexity index is 913. The highest BCUT2D eigenvalue weighted by Crippen LogP contribution is 2.23. The van der Waals surface area contributed by atoms with Crippen molar-refractivity contribution in [2.75, 3.05) is 23.3 Å². The van der Waals surface area contributed by atoms with E-state index in [9.17, 15) is 4.79 Å². The molecule has 3 aromatic rings. The van der Waals surface area contributed by atoms with E-state index in [4.69, 9.17) is 5.10 Å². The molecule has 1 fully saturated rings. The maximum atomic E-state index is 11.3. The Morgan fingerprint density at radius 2 is 1.92 bits per heavy atom. The third-order valence-corrected chi connectivity index (χ3v) is 4.37. The van der Waals surface area contributed by atoms with Gasteiger partial charge >= 0.3 is 0 Å². The minimum absolute atomic E-state index is 0.103. The molecule has 0 atom stereocenters. The average Bonchev–Trinajstić information content (AvgIpc) is 3.05. The van der Waals surface area contributed by atoms with Crippen LogP contribution in [-0.4, -0.2) is 38.8 Å². The summed E-state index contributed by atoms with van der Waals surface area (Å²) in [7, 11) is 0. The molecule has 1 aromatic carbocycles.